The molecule has 0 saturated carbocycles. The van der Waals surface area contributed by atoms with E-state index in [9.17, 15) is 0 Å². The van der Waals surface area contributed by atoms with E-state index in [-0.39, 0.29) is 21.7 Å². The van der Waals surface area contributed by atoms with Gasteiger partial charge in [-0.2, -0.15) is 0 Å². The summed E-state index contributed by atoms with van der Waals surface area (Å²) in [6.45, 7) is 27.9. The first-order valence-corrected chi connectivity index (χ1v) is 25.3. The number of hydrogen-bond acceptors (Lipinski definition) is 1. The minimum Gasteiger partial charge on any atom is -0.309 e. The molecule has 0 aliphatic rings. The molecule has 0 aliphatic carbocycles. The van der Waals surface area contributed by atoms with Gasteiger partial charge in [0.25, 0.3) is 0 Å². The molecular weight excluding hydrogens is 845 g/mol. The molecule has 348 valence electrons. The zero-order chi connectivity index (χ0) is 49.1. The SMILES string of the molecule is CC(C)(C)c1cc(-c2ccccc2N(c2ccc(-c3ccccc3)cc2)c2ccc3ccc4c(-n5c6ccc(C(C)(C)C)cc6c6cc(C(C)(C)C)ccc65)ccc5ccc2c3c54)cc(C(C)(C)C)c1. The van der Waals surface area contributed by atoms with Gasteiger partial charge in [0, 0.05) is 32.8 Å². The average Bonchev–Trinajstić information content (AvgIpc) is 3.66. The molecule has 0 N–H and O–H groups in total. The van der Waals surface area contributed by atoms with Crippen LogP contribution in [0.1, 0.15) is 105 Å². The summed E-state index contributed by atoms with van der Waals surface area (Å²) in [5, 5.41) is 10.1. The number of aromatic nitrogens is 1. The molecule has 0 saturated heterocycles. The maximum Gasteiger partial charge on any atom is 0.0541 e. The van der Waals surface area contributed by atoms with Crippen molar-refractivity contribution in [1.82, 2.24) is 4.57 Å². The second-order valence-electron chi connectivity index (χ2n) is 24.0. The third kappa shape index (κ3) is 7.73. The number of para-hydroxylation sites is 1. The summed E-state index contributed by atoms with van der Waals surface area (Å²) >= 11 is 0. The molecule has 2 nitrogen and oxygen atoms in total. The lowest BCUT2D eigenvalue weighted by Gasteiger charge is -2.31. The molecule has 1 aromatic heterocycles. The van der Waals surface area contributed by atoms with Gasteiger partial charge in [-0.05, 0) is 137 Å². The van der Waals surface area contributed by atoms with Crippen LogP contribution in [-0.2, 0) is 21.7 Å². The first-order chi connectivity index (χ1) is 33.2. The molecule has 1 heterocycles. The van der Waals surface area contributed by atoms with E-state index in [0.717, 1.165) is 17.1 Å². The second-order valence-corrected chi connectivity index (χ2v) is 24.0. The third-order valence-corrected chi connectivity index (χ3v) is 15.0. The summed E-state index contributed by atoms with van der Waals surface area (Å²) in [6, 6.07) is 69.3. The summed E-state index contributed by atoms with van der Waals surface area (Å²) < 4.78 is 2.53. The summed E-state index contributed by atoms with van der Waals surface area (Å²) in [5.74, 6) is 0. The Morgan fingerprint density at radius 2 is 0.814 bits per heavy atom. The Labute approximate surface area is 415 Å². The Morgan fingerprint density at radius 1 is 0.329 bits per heavy atom. The topological polar surface area (TPSA) is 8.17 Å². The summed E-state index contributed by atoms with van der Waals surface area (Å²) in [4.78, 5) is 2.52. The third-order valence-electron chi connectivity index (χ3n) is 15.0. The van der Waals surface area contributed by atoms with Crippen molar-refractivity contribution < 1.29 is 0 Å². The minimum absolute atomic E-state index is 0.0210. The van der Waals surface area contributed by atoms with Crippen LogP contribution in [0.3, 0.4) is 0 Å². The second kappa shape index (κ2) is 16.2. The molecule has 10 aromatic carbocycles. The highest BCUT2D eigenvalue weighted by atomic mass is 15.1. The van der Waals surface area contributed by atoms with Gasteiger partial charge < -0.3 is 9.47 Å². The van der Waals surface area contributed by atoms with Crippen molar-refractivity contribution >= 4 is 71.2 Å². The summed E-state index contributed by atoms with van der Waals surface area (Å²) in [7, 11) is 0. The Hall–Kier alpha value is -7.16. The molecule has 0 spiro atoms. The normalized spacial score (nSPS) is 12.9. The van der Waals surface area contributed by atoms with Gasteiger partial charge in [-0.25, -0.2) is 0 Å². The molecule has 0 atom stereocenters. The first-order valence-electron chi connectivity index (χ1n) is 25.3. The molecule has 0 bridgehead atoms. The standard InChI is InChI=1S/C68H66N2/c1-65(2,3)48-28-36-61-56(41-48)57-42-49(66(4,5)6)29-37-62(57)70(61)60-35-27-46-24-32-54-59(34-26-45-25-33-55(60)64(46)63(45)54)69(52-30-22-44(23-31-52)43-18-14-13-15-19-43)58-21-17-16-20-53(58)47-38-50(67(7,8)9)40-51(39-47)68(10,11)12/h13-42H,1-12H3. The van der Waals surface area contributed by atoms with E-state index in [1.54, 1.807) is 0 Å². The van der Waals surface area contributed by atoms with E-state index in [4.69, 9.17) is 0 Å². The minimum atomic E-state index is -0.0210. The molecule has 0 radical (unpaired) electrons. The smallest absolute Gasteiger partial charge is 0.0541 e. The highest BCUT2D eigenvalue weighted by Crippen LogP contribution is 2.49. The van der Waals surface area contributed by atoms with Crippen molar-refractivity contribution in [3.8, 4) is 27.9 Å². The van der Waals surface area contributed by atoms with Gasteiger partial charge in [0.05, 0.1) is 28.1 Å². The van der Waals surface area contributed by atoms with Gasteiger partial charge >= 0.3 is 0 Å². The molecule has 11 rings (SSSR count). The number of rotatable bonds is 6. The highest BCUT2D eigenvalue weighted by Gasteiger charge is 2.27. The van der Waals surface area contributed by atoms with Crippen molar-refractivity contribution in [1.29, 1.82) is 0 Å². The largest absolute Gasteiger partial charge is 0.309 e. The molecule has 11 aromatic rings. The maximum absolute atomic E-state index is 2.53. The van der Waals surface area contributed by atoms with Crippen LogP contribution in [0.25, 0.3) is 82.1 Å². The molecular formula is C68H66N2. The predicted octanol–water partition coefficient (Wildman–Crippen LogP) is 19.7. The fourth-order valence-corrected chi connectivity index (χ4v) is 10.8. The van der Waals surface area contributed by atoms with Gasteiger partial charge in [0.2, 0.25) is 0 Å². The molecule has 0 fully saturated rings. The van der Waals surface area contributed by atoms with Crippen molar-refractivity contribution in [2.45, 2.75) is 105 Å². The quantitative estimate of drug-likeness (QED) is 0.151. The number of nitrogens with zero attached hydrogens (tertiary/aromatic N) is 2. The van der Waals surface area contributed by atoms with Crippen LogP contribution in [-0.4, -0.2) is 4.57 Å². The summed E-state index contributed by atoms with van der Waals surface area (Å²) in [6.07, 6.45) is 0. The van der Waals surface area contributed by atoms with Crippen LogP contribution >= 0.6 is 0 Å². The van der Waals surface area contributed by atoms with Gasteiger partial charge in [0.15, 0.2) is 0 Å². The fourth-order valence-electron chi connectivity index (χ4n) is 10.8. The van der Waals surface area contributed by atoms with Crippen LogP contribution in [0.5, 0.6) is 0 Å². The number of anilines is 3. The van der Waals surface area contributed by atoms with Crippen molar-refractivity contribution in [3.05, 3.63) is 204 Å². The Kier molecular flexibility index (Phi) is 10.5. The fraction of sp³-hybridized carbons (Fsp3) is 0.235. The van der Waals surface area contributed by atoms with Crippen LogP contribution in [0.4, 0.5) is 17.1 Å². The van der Waals surface area contributed by atoms with Gasteiger partial charge in [-0.3, -0.25) is 0 Å². The molecule has 70 heavy (non-hydrogen) atoms. The Morgan fingerprint density at radius 3 is 1.39 bits per heavy atom. The lowest BCUT2D eigenvalue weighted by Crippen LogP contribution is -2.17. The molecule has 0 aliphatic heterocycles. The van der Waals surface area contributed by atoms with Crippen LogP contribution in [0.15, 0.2) is 182 Å². The molecule has 0 unspecified atom stereocenters. The lowest BCUT2D eigenvalue weighted by atomic mass is 9.78. The predicted molar refractivity (Wildman–Crippen MR) is 305 cm³/mol. The number of benzene rings is 10. The number of hydrogen-bond donors (Lipinski definition) is 0. The van der Waals surface area contributed by atoms with E-state index in [1.807, 2.05) is 0 Å². The van der Waals surface area contributed by atoms with E-state index in [2.05, 4.69) is 275 Å². The van der Waals surface area contributed by atoms with E-state index in [0.29, 0.717) is 0 Å². The average molecular weight is 911 g/mol. The van der Waals surface area contributed by atoms with Crippen molar-refractivity contribution in [2.24, 2.45) is 0 Å². The van der Waals surface area contributed by atoms with Crippen LogP contribution < -0.4 is 4.90 Å². The van der Waals surface area contributed by atoms with Gasteiger partial charge in [0.1, 0.15) is 0 Å². The van der Waals surface area contributed by atoms with Gasteiger partial charge in [-0.1, -0.05) is 210 Å². The summed E-state index contributed by atoms with van der Waals surface area (Å²) in [5.41, 5.74) is 17.3. The van der Waals surface area contributed by atoms with Crippen molar-refractivity contribution in [3.63, 3.8) is 0 Å². The zero-order valence-electron chi connectivity index (χ0n) is 43.2. The maximum atomic E-state index is 2.53. The first kappa shape index (κ1) is 45.3. The van der Waals surface area contributed by atoms with Gasteiger partial charge in [-0.15, -0.1) is 0 Å². The van der Waals surface area contributed by atoms with Crippen LogP contribution in [0, 0.1) is 0 Å². The van der Waals surface area contributed by atoms with Crippen molar-refractivity contribution in [2.75, 3.05) is 4.90 Å². The lowest BCUT2D eigenvalue weighted by molar-refractivity contribution is 0.569. The van der Waals surface area contributed by atoms with E-state index < -0.39 is 0 Å². The highest BCUT2D eigenvalue weighted by molar-refractivity contribution is 6.27. The van der Waals surface area contributed by atoms with Crippen LogP contribution in [0.2, 0.25) is 0 Å². The molecule has 0 amide bonds. The zero-order valence-corrected chi connectivity index (χ0v) is 43.2. The Bertz CT molecular complexity index is 3680. The molecule has 2 heteroatoms. The number of fused-ring (bicyclic) bond motifs is 3. The monoisotopic (exact) mass is 911 g/mol. The van der Waals surface area contributed by atoms with E-state index in [1.165, 1.54) is 104 Å². The Balaban J connectivity index is 1.17. The van der Waals surface area contributed by atoms with E-state index >= 15 is 0 Å².